The topological polar surface area (TPSA) is 0 Å². The summed E-state index contributed by atoms with van der Waals surface area (Å²) < 4.78 is 0. The van der Waals surface area contributed by atoms with E-state index in [1.54, 1.807) is 6.92 Å². The highest BCUT2D eigenvalue weighted by Crippen LogP contribution is 2.10. The fourth-order valence-corrected chi connectivity index (χ4v) is 0.301. The second-order valence-electron chi connectivity index (χ2n) is 1.20. The van der Waals surface area contributed by atoms with E-state index in [4.69, 9.17) is 23.2 Å². The molecule has 0 aliphatic carbocycles. The van der Waals surface area contributed by atoms with Crippen LogP contribution in [0.1, 0.15) is 6.92 Å². The molecular weight excluding hydrogens is 131 g/mol. The van der Waals surface area contributed by atoms with Crippen LogP contribution in [0.4, 0.5) is 0 Å². The molecule has 0 aromatic heterocycles. The molecule has 7 heavy (non-hydrogen) atoms. The smallest absolute Gasteiger partial charge is 0.0372 e. The Labute approximate surface area is 53.4 Å². The van der Waals surface area contributed by atoms with Crippen LogP contribution in [-0.4, -0.2) is 0 Å². The van der Waals surface area contributed by atoms with Gasteiger partial charge in [-0.05, 0) is 12.5 Å². The lowest BCUT2D eigenvalue weighted by atomic mass is 10.3. The van der Waals surface area contributed by atoms with Gasteiger partial charge in [-0.3, -0.25) is 0 Å². The van der Waals surface area contributed by atoms with Crippen molar-refractivity contribution in [2.24, 2.45) is 0 Å². The Morgan fingerprint density at radius 1 is 1.71 bits per heavy atom. The summed E-state index contributed by atoms with van der Waals surface area (Å²) in [5.41, 5.74) is 2.21. The lowest BCUT2D eigenvalue weighted by Crippen LogP contribution is -1.66. The average molecular weight is 137 g/mol. The molecule has 40 valence electrons. The van der Waals surface area contributed by atoms with Crippen molar-refractivity contribution < 1.29 is 0 Å². The Bertz CT molecular complexity index is 103. The number of halogens is 2. The zero-order valence-corrected chi connectivity index (χ0v) is 5.55. The molecule has 0 aliphatic rings. The Kier molecular flexibility index (Phi) is 3.14. The third-order valence-corrected chi connectivity index (χ3v) is 1.22. The number of allylic oxidation sites excluding steroid dienone is 2. The summed E-state index contributed by atoms with van der Waals surface area (Å²) in [7, 11) is 0. The van der Waals surface area contributed by atoms with E-state index >= 15 is 0 Å². The van der Waals surface area contributed by atoms with E-state index in [9.17, 15) is 0 Å². The summed E-state index contributed by atoms with van der Waals surface area (Å²) in [5.74, 6) is 0. The molecule has 0 bridgehead atoms. The quantitative estimate of drug-likeness (QED) is 0.487. The maximum Gasteiger partial charge on any atom is 0.0372 e. The van der Waals surface area contributed by atoms with Crippen molar-refractivity contribution in [2.45, 2.75) is 6.92 Å². The number of rotatable bonds is 1. The summed E-state index contributed by atoms with van der Waals surface area (Å²) in [4.78, 5) is 0. The molecular formula is C5H6Cl2. The van der Waals surface area contributed by atoms with Crippen molar-refractivity contribution in [3.8, 4) is 0 Å². The van der Waals surface area contributed by atoms with Crippen molar-refractivity contribution in [2.75, 3.05) is 0 Å². The van der Waals surface area contributed by atoms with Crippen LogP contribution in [0, 0.1) is 0 Å². The SMILES string of the molecule is C=C(Cl)/C(C)=C/Cl. The maximum absolute atomic E-state index is 5.38. The second kappa shape index (κ2) is 3.11. The molecule has 0 aromatic rings. The molecule has 0 aliphatic heterocycles. The highest BCUT2D eigenvalue weighted by Gasteiger charge is 1.85. The fraction of sp³-hybridized carbons (Fsp3) is 0.200. The van der Waals surface area contributed by atoms with E-state index < -0.39 is 0 Å². The fourth-order valence-electron chi connectivity index (χ4n) is 0.0592. The van der Waals surface area contributed by atoms with Crippen molar-refractivity contribution in [3.05, 3.63) is 22.7 Å². The highest BCUT2D eigenvalue weighted by molar-refractivity contribution is 6.33. The van der Waals surface area contributed by atoms with Crippen molar-refractivity contribution >= 4 is 23.2 Å². The van der Waals surface area contributed by atoms with Crippen molar-refractivity contribution in [1.82, 2.24) is 0 Å². The van der Waals surface area contributed by atoms with E-state index in [0.29, 0.717) is 5.03 Å². The molecule has 0 fully saturated rings. The summed E-state index contributed by atoms with van der Waals surface area (Å²) in [5, 5.41) is 0.495. The third-order valence-electron chi connectivity index (χ3n) is 0.592. The normalized spacial score (nSPS) is 11.6. The van der Waals surface area contributed by atoms with Gasteiger partial charge in [0.15, 0.2) is 0 Å². The Balaban J connectivity index is 3.82. The standard InChI is InChI=1S/C5H6Cl2/c1-4(3-6)5(2)7/h3H,2H2,1H3/b4-3+. The first-order valence-electron chi connectivity index (χ1n) is 1.80. The van der Waals surface area contributed by atoms with Crippen LogP contribution in [0.5, 0.6) is 0 Å². The van der Waals surface area contributed by atoms with Crippen molar-refractivity contribution in [3.63, 3.8) is 0 Å². The van der Waals surface area contributed by atoms with Crippen LogP contribution in [0.2, 0.25) is 0 Å². The number of hydrogen-bond acceptors (Lipinski definition) is 0. The zero-order valence-electron chi connectivity index (χ0n) is 4.04. The average Bonchev–Trinajstić information content (AvgIpc) is 1.65. The molecule has 0 aromatic carbocycles. The van der Waals surface area contributed by atoms with Gasteiger partial charge in [0.25, 0.3) is 0 Å². The minimum Gasteiger partial charge on any atom is -0.0926 e. The molecule has 0 unspecified atom stereocenters. The van der Waals surface area contributed by atoms with Crippen LogP contribution in [0.25, 0.3) is 0 Å². The lowest BCUT2D eigenvalue weighted by Gasteiger charge is -1.87. The Hall–Kier alpha value is 0.0600. The first kappa shape index (κ1) is 7.06. The van der Waals surface area contributed by atoms with Crippen LogP contribution in [0.3, 0.4) is 0 Å². The van der Waals surface area contributed by atoms with Gasteiger partial charge in [-0.25, -0.2) is 0 Å². The summed E-state index contributed by atoms with van der Waals surface area (Å²) in [6.07, 6.45) is 0. The van der Waals surface area contributed by atoms with Gasteiger partial charge < -0.3 is 0 Å². The number of hydrogen-bond donors (Lipinski definition) is 0. The molecule has 0 saturated carbocycles. The van der Waals surface area contributed by atoms with Gasteiger partial charge in [0, 0.05) is 10.6 Å². The maximum atomic E-state index is 5.38. The van der Waals surface area contributed by atoms with Gasteiger partial charge in [0.2, 0.25) is 0 Å². The monoisotopic (exact) mass is 136 g/mol. The molecule has 0 heterocycles. The summed E-state index contributed by atoms with van der Waals surface area (Å²) in [6.45, 7) is 5.23. The van der Waals surface area contributed by atoms with Gasteiger partial charge in [-0.1, -0.05) is 29.8 Å². The molecule has 0 rings (SSSR count). The van der Waals surface area contributed by atoms with Gasteiger partial charge in [0.1, 0.15) is 0 Å². The van der Waals surface area contributed by atoms with E-state index in [2.05, 4.69) is 6.58 Å². The van der Waals surface area contributed by atoms with E-state index in [1.165, 1.54) is 5.54 Å². The van der Waals surface area contributed by atoms with Gasteiger partial charge in [0.05, 0.1) is 0 Å². The van der Waals surface area contributed by atoms with Crippen LogP contribution < -0.4 is 0 Å². The van der Waals surface area contributed by atoms with E-state index in [-0.39, 0.29) is 0 Å². The molecule has 0 N–H and O–H groups in total. The minimum atomic E-state index is 0.495. The Morgan fingerprint density at radius 2 is 2.14 bits per heavy atom. The third kappa shape index (κ3) is 2.72. The first-order valence-corrected chi connectivity index (χ1v) is 2.61. The van der Waals surface area contributed by atoms with Gasteiger partial charge in [-0.2, -0.15) is 0 Å². The molecule has 0 radical (unpaired) electrons. The highest BCUT2D eigenvalue weighted by atomic mass is 35.5. The molecule has 0 spiro atoms. The van der Waals surface area contributed by atoms with Crippen LogP contribution >= 0.6 is 23.2 Å². The first-order chi connectivity index (χ1) is 3.18. The Morgan fingerprint density at radius 3 is 2.14 bits per heavy atom. The van der Waals surface area contributed by atoms with Gasteiger partial charge in [-0.15, -0.1) is 0 Å². The van der Waals surface area contributed by atoms with Crippen molar-refractivity contribution in [1.29, 1.82) is 0 Å². The lowest BCUT2D eigenvalue weighted by molar-refractivity contribution is 1.53. The predicted molar refractivity (Wildman–Crippen MR) is 34.6 cm³/mol. The van der Waals surface area contributed by atoms with E-state index in [1.807, 2.05) is 0 Å². The second-order valence-corrected chi connectivity index (χ2v) is 1.87. The largest absolute Gasteiger partial charge is 0.0926 e. The van der Waals surface area contributed by atoms with Crippen LogP contribution in [-0.2, 0) is 0 Å². The zero-order chi connectivity index (χ0) is 5.86. The van der Waals surface area contributed by atoms with E-state index in [0.717, 1.165) is 5.57 Å². The molecule has 0 amide bonds. The molecule has 0 atom stereocenters. The van der Waals surface area contributed by atoms with Crippen LogP contribution in [0.15, 0.2) is 22.7 Å². The molecule has 0 nitrogen and oxygen atoms in total. The summed E-state index contributed by atoms with van der Waals surface area (Å²) >= 11 is 10.6. The molecule has 0 saturated heterocycles. The minimum absolute atomic E-state index is 0.495. The summed E-state index contributed by atoms with van der Waals surface area (Å²) in [6, 6.07) is 0. The molecule has 2 heteroatoms. The predicted octanol–water partition coefficient (Wildman–Crippen LogP) is 2.88. The van der Waals surface area contributed by atoms with Gasteiger partial charge >= 0.3 is 0 Å².